The van der Waals surface area contributed by atoms with Crippen LogP contribution in [0.3, 0.4) is 0 Å². The van der Waals surface area contributed by atoms with Crippen LogP contribution in [-0.2, 0) is 0 Å². The molecule has 0 bridgehead atoms. The van der Waals surface area contributed by atoms with Gasteiger partial charge in [-0.15, -0.1) is 23.2 Å². The number of allylic oxidation sites excluding steroid dienone is 1. The molecule has 0 aromatic rings. The fourth-order valence-electron chi connectivity index (χ4n) is 2.75. The number of hydrogen-bond acceptors (Lipinski definition) is 0. The van der Waals surface area contributed by atoms with Crippen molar-refractivity contribution >= 4 is 23.2 Å². The van der Waals surface area contributed by atoms with E-state index < -0.39 is 4.33 Å². The summed E-state index contributed by atoms with van der Waals surface area (Å²) in [4.78, 5) is 0. The third-order valence-corrected chi connectivity index (χ3v) is 5.50. The predicted octanol–water partition coefficient (Wildman–Crippen LogP) is 4.17. The van der Waals surface area contributed by atoms with Gasteiger partial charge in [-0.1, -0.05) is 19.1 Å². The molecule has 13 heavy (non-hydrogen) atoms. The Labute approximate surface area is 90.3 Å². The van der Waals surface area contributed by atoms with Crippen LogP contribution in [0.1, 0.15) is 33.1 Å². The van der Waals surface area contributed by atoms with Crippen LogP contribution in [0.25, 0.3) is 0 Å². The minimum absolute atomic E-state index is 0.196. The third kappa shape index (κ3) is 1.18. The van der Waals surface area contributed by atoms with Crippen molar-refractivity contribution in [2.75, 3.05) is 0 Å². The predicted molar refractivity (Wildman–Crippen MR) is 58.2 cm³/mol. The van der Waals surface area contributed by atoms with Gasteiger partial charge >= 0.3 is 0 Å². The Morgan fingerprint density at radius 1 is 1.46 bits per heavy atom. The van der Waals surface area contributed by atoms with Gasteiger partial charge in [-0.2, -0.15) is 0 Å². The summed E-state index contributed by atoms with van der Waals surface area (Å²) in [5.74, 6) is 1.15. The molecule has 2 heteroatoms. The summed E-state index contributed by atoms with van der Waals surface area (Å²) in [7, 11) is 0. The summed E-state index contributed by atoms with van der Waals surface area (Å²) in [6, 6.07) is 0. The molecule has 2 aliphatic carbocycles. The van der Waals surface area contributed by atoms with Crippen LogP contribution in [0.15, 0.2) is 12.2 Å². The highest BCUT2D eigenvalue weighted by molar-refractivity contribution is 6.51. The van der Waals surface area contributed by atoms with E-state index in [4.69, 9.17) is 23.2 Å². The molecule has 0 saturated heterocycles. The summed E-state index contributed by atoms with van der Waals surface area (Å²) in [5, 5.41) is 0. The Hall–Kier alpha value is 0.320. The lowest BCUT2D eigenvalue weighted by molar-refractivity contribution is 0.307. The molecule has 0 N–H and O–H groups in total. The van der Waals surface area contributed by atoms with E-state index in [1.807, 2.05) is 0 Å². The molecule has 0 spiro atoms. The van der Waals surface area contributed by atoms with Gasteiger partial charge in [-0.3, -0.25) is 0 Å². The van der Waals surface area contributed by atoms with E-state index in [9.17, 15) is 0 Å². The molecule has 0 aromatic carbocycles. The van der Waals surface area contributed by atoms with Crippen LogP contribution in [0.4, 0.5) is 0 Å². The Bertz CT molecular complexity index is 257. The standard InChI is InChI=1S/C11H16Cl2/c1-7(2)8-4-5-10(3)9(6-8)11(10,12)13/h8-9H,1,4-6H2,2-3H3/t8-,9-,10+/m1/s1. The highest BCUT2D eigenvalue weighted by Gasteiger charge is 2.73. The van der Waals surface area contributed by atoms with Gasteiger partial charge in [0.15, 0.2) is 0 Å². The fraction of sp³-hybridized carbons (Fsp3) is 0.818. The molecule has 74 valence electrons. The van der Waals surface area contributed by atoms with Crippen molar-refractivity contribution in [3.63, 3.8) is 0 Å². The molecule has 0 amide bonds. The van der Waals surface area contributed by atoms with Crippen molar-refractivity contribution in [3.05, 3.63) is 12.2 Å². The van der Waals surface area contributed by atoms with Gasteiger partial charge in [-0.25, -0.2) is 0 Å². The molecule has 2 fully saturated rings. The lowest BCUT2D eigenvalue weighted by Gasteiger charge is -2.24. The number of alkyl halides is 2. The van der Waals surface area contributed by atoms with Crippen LogP contribution in [-0.4, -0.2) is 4.33 Å². The van der Waals surface area contributed by atoms with E-state index in [1.54, 1.807) is 0 Å². The van der Waals surface area contributed by atoms with Gasteiger partial charge in [0.2, 0.25) is 0 Å². The first-order chi connectivity index (χ1) is 5.89. The van der Waals surface area contributed by atoms with Crippen LogP contribution >= 0.6 is 23.2 Å². The van der Waals surface area contributed by atoms with Gasteiger partial charge in [0.05, 0.1) is 0 Å². The van der Waals surface area contributed by atoms with Gasteiger partial charge < -0.3 is 0 Å². The Morgan fingerprint density at radius 3 is 2.54 bits per heavy atom. The molecular weight excluding hydrogens is 203 g/mol. The first kappa shape index (κ1) is 9.86. The summed E-state index contributed by atoms with van der Waals surface area (Å²) in [5.41, 5.74) is 1.49. The first-order valence-corrected chi connectivity index (χ1v) is 5.68. The minimum Gasteiger partial charge on any atom is -0.101 e. The lowest BCUT2D eigenvalue weighted by Crippen LogP contribution is -2.14. The molecule has 0 unspecified atom stereocenters. The van der Waals surface area contributed by atoms with Gasteiger partial charge in [0.1, 0.15) is 4.33 Å². The molecule has 0 heterocycles. The Balaban J connectivity index is 2.11. The quantitative estimate of drug-likeness (QED) is 0.458. The number of hydrogen-bond donors (Lipinski definition) is 0. The van der Waals surface area contributed by atoms with Crippen LogP contribution < -0.4 is 0 Å². The van der Waals surface area contributed by atoms with Crippen LogP contribution in [0.5, 0.6) is 0 Å². The SMILES string of the molecule is C=C(C)[C@@H]1CC[C@@]2(C)[C@@H](C1)C2(Cl)Cl. The second-order valence-electron chi connectivity index (χ2n) is 4.91. The molecule has 0 radical (unpaired) electrons. The molecule has 3 atom stereocenters. The van der Waals surface area contributed by atoms with Crippen molar-refractivity contribution in [3.8, 4) is 0 Å². The Kier molecular flexibility index (Phi) is 2.02. The van der Waals surface area contributed by atoms with Gasteiger partial charge in [0.25, 0.3) is 0 Å². The number of rotatable bonds is 1. The normalized spacial score (nSPS) is 46.8. The van der Waals surface area contributed by atoms with E-state index in [2.05, 4.69) is 20.4 Å². The van der Waals surface area contributed by atoms with Crippen molar-refractivity contribution in [1.29, 1.82) is 0 Å². The zero-order chi connectivity index (χ0) is 9.85. The second kappa shape index (κ2) is 2.67. The van der Waals surface area contributed by atoms with Crippen molar-refractivity contribution in [2.24, 2.45) is 17.3 Å². The van der Waals surface area contributed by atoms with Crippen LogP contribution in [0.2, 0.25) is 0 Å². The smallest absolute Gasteiger partial charge is 0.101 e. The van der Waals surface area contributed by atoms with Crippen molar-refractivity contribution < 1.29 is 0 Å². The van der Waals surface area contributed by atoms with E-state index >= 15 is 0 Å². The number of fused-ring (bicyclic) bond motifs is 1. The van der Waals surface area contributed by atoms with Crippen molar-refractivity contribution in [1.82, 2.24) is 0 Å². The largest absolute Gasteiger partial charge is 0.127 e. The van der Waals surface area contributed by atoms with Crippen LogP contribution in [0, 0.1) is 17.3 Å². The summed E-state index contributed by atoms with van der Waals surface area (Å²) in [6.07, 6.45) is 3.50. The van der Waals surface area contributed by atoms with E-state index in [1.165, 1.54) is 12.0 Å². The maximum atomic E-state index is 6.26. The average Bonchev–Trinajstić information content (AvgIpc) is 2.46. The third-order valence-electron chi connectivity index (χ3n) is 4.11. The maximum Gasteiger partial charge on any atom is 0.127 e. The van der Waals surface area contributed by atoms with Gasteiger partial charge in [-0.05, 0) is 32.1 Å². The maximum absolute atomic E-state index is 6.26. The Morgan fingerprint density at radius 2 is 2.08 bits per heavy atom. The zero-order valence-corrected chi connectivity index (χ0v) is 9.75. The summed E-state index contributed by atoms with van der Waals surface area (Å²) in [6.45, 7) is 8.34. The molecular formula is C11H16Cl2. The van der Waals surface area contributed by atoms with E-state index in [-0.39, 0.29) is 5.41 Å². The highest BCUT2D eigenvalue weighted by Crippen LogP contribution is 2.75. The number of halogens is 2. The molecule has 0 nitrogen and oxygen atoms in total. The van der Waals surface area contributed by atoms with Crippen molar-refractivity contribution in [2.45, 2.75) is 37.4 Å². The minimum atomic E-state index is -0.447. The summed E-state index contributed by atoms with van der Waals surface area (Å²) >= 11 is 12.5. The topological polar surface area (TPSA) is 0 Å². The summed E-state index contributed by atoms with van der Waals surface area (Å²) < 4.78 is -0.447. The second-order valence-corrected chi connectivity index (χ2v) is 6.30. The molecule has 2 saturated carbocycles. The molecule has 0 aromatic heterocycles. The van der Waals surface area contributed by atoms with Gasteiger partial charge in [0, 0.05) is 11.3 Å². The zero-order valence-electron chi connectivity index (χ0n) is 8.24. The molecule has 2 rings (SSSR count). The van der Waals surface area contributed by atoms with E-state index in [0.717, 1.165) is 12.8 Å². The monoisotopic (exact) mass is 218 g/mol. The molecule has 2 aliphatic rings. The first-order valence-electron chi connectivity index (χ1n) is 4.93. The van der Waals surface area contributed by atoms with E-state index in [0.29, 0.717) is 11.8 Å². The lowest BCUT2D eigenvalue weighted by atomic mass is 9.80. The highest BCUT2D eigenvalue weighted by atomic mass is 35.5. The molecule has 0 aliphatic heterocycles. The fourth-order valence-corrected chi connectivity index (χ4v) is 3.75. The average molecular weight is 219 g/mol.